The second-order valence-corrected chi connectivity index (χ2v) is 10.8. The Balaban J connectivity index is 1.72. The third-order valence-corrected chi connectivity index (χ3v) is 5.88. The first-order valence-corrected chi connectivity index (χ1v) is 14.6. The standard InChI is InChI=1S/C30H44N2O13/c1-20(34)42-22-17-25(28(36)38-5)44-26(18-22)43-24-7-6-21(19-33)16-23(24)27(35)31-8-10-39-12-14-41-15-13-40-11-9-32-29(37)45-30(2,3)4/h6-7,16,19,22,25-26H,8-15,17-18H2,1-5H3,(H,31,35)(H,32,37)/t22-,25-,26+/m0/s1. The first-order valence-electron chi connectivity index (χ1n) is 14.6. The van der Waals surface area contributed by atoms with Crippen molar-refractivity contribution in [2.24, 2.45) is 0 Å². The summed E-state index contributed by atoms with van der Waals surface area (Å²) in [6.07, 6.45) is -2.45. The lowest BCUT2D eigenvalue weighted by atomic mass is 10.0. The molecule has 0 aliphatic carbocycles. The minimum Gasteiger partial charge on any atom is -0.467 e. The first kappa shape index (κ1) is 37.4. The van der Waals surface area contributed by atoms with Gasteiger partial charge in [0.05, 0.1) is 52.3 Å². The summed E-state index contributed by atoms with van der Waals surface area (Å²) in [6, 6.07) is 4.28. The van der Waals surface area contributed by atoms with E-state index >= 15 is 0 Å². The van der Waals surface area contributed by atoms with Crippen molar-refractivity contribution >= 4 is 30.2 Å². The molecule has 15 nitrogen and oxygen atoms in total. The quantitative estimate of drug-likeness (QED) is 0.103. The van der Waals surface area contributed by atoms with Crippen LogP contribution in [0.1, 0.15) is 61.3 Å². The van der Waals surface area contributed by atoms with Crippen LogP contribution in [0.25, 0.3) is 0 Å². The van der Waals surface area contributed by atoms with E-state index in [2.05, 4.69) is 10.6 Å². The molecule has 1 aromatic rings. The minimum absolute atomic E-state index is 0.0667. The van der Waals surface area contributed by atoms with Crippen LogP contribution in [0.5, 0.6) is 5.75 Å². The first-order chi connectivity index (χ1) is 21.4. The van der Waals surface area contributed by atoms with Crippen molar-refractivity contribution in [2.75, 3.05) is 59.8 Å². The molecule has 2 rings (SSSR count). The van der Waals surface area contributed by atoms with E-state index in [9.17, 15) is 24.0 Å². The molecule has 2 amide bonds. The van der Waals surface area contributed by atoms with E-state index in [1.807, 2.05) is 0 Å². The molecule has 1 aliphatic rings. The molecular formula is C30H44N2O13. The van der Waals surface area contributed by atoms with Crippen molar-refractivity contribution in [3.63, 3.8) is 0 Å². The summed E-state index contributed by atoms with van der Waals surface area (Å²) in [5.41, 5.74) is -0.242. The Labute approximate surface area is 262 Å². The summed E-state index contributed by atoms with van der Waals surface area (Å²) in [7, 11) is 1.21. The third-order valence-electron chi connectivity index (χ3n) is 5.88. The van der Waals surface area contributed by atoms with E-state index in [-0.39, 0.29) is 49.5 Å². The SMILES string of the molecule is COC(=O)[C@@H]1C[C@H](OC(C)=O)C[C@H](Oc2ccc(C=O)cc2C(=O)NCCOCCOCCOCCNC(=O)OC(C)(C)C)O1. The van der Waals surface area contributed by atoms with Crippen molar-refractivity contribution in [1.82, 2.24) is 10.6 Å². The molecule has 1 fully saturated rings. The molecule has 15 heteroatoms. The number of rotatable bonds is 18. The number of methoxy groups -OCH3 is 1. The number of aldehydes is 1. The van der Waals surface area contributed by atoms with Gasteiger partial charge in [-0.2, -0.15) is 0 Å². The van der Waals surface area contributed by atoms with Gasteiger partial charge in [0.25, 0.3) is 5.91 Å². The maximum atomic E-state index is 13.0. The maximum absolute atomic E-state index is 13.0. The molecule has 1 heterocycles. The highest BCUT2D eigenvalue weighted by atomic mass is 16.7. The van der Waals surface area contributed by atoms with Gasteiger partial charge in [0.2, 0.25) is 6.29 Å². The molecule has 1 aromatic carbocycles. The fraction of sp³-hybridized carbons (Fsp3) is 0.633. The number of carbonyl (C=O) groups excluding carboxylic acids is 5. The Morgan fingerprint density at radius 2 is 1.56 bits per heavy atom. The van der Waals surface area contributed by atoms with Crippen LogP contribution in [0.2, 0.25) is 0 Å². The van der Waals surface area contributed by atoms with Gasteiger partial charge >= 0.3 is 18.0 Å². The minimum atomic E-state index is -1.04. The van der Waals surface area contributed by atoms with E-state index in [0.717, 1.165) is 0 Å². The lowest BCUT2D eigenvalue weighted by Gasteiger charge is -2.33. The fourth-order valence-electron chi connectivity index (χ4n) is 3.99. The van der Waals surface area contributed by atoms with Gasteiger partial charge in [-0.15, -0.1) is 0 Å². The molecule has 2 N–H and O–H groups in total. The Kier molecular flexibility index (Phi) is 16.3. The predicted octanol–water partition coefficient (Wildman–Crippen LogP) is 1.79. The second kappa shape index (κ2) is 19.6. The van der Waals surface area contributed by atoms with Crippen molar-refractivity contribution in [2.45, 2.75) is 64.6 Å². The van der Waals surface area contributed by atoms with Gasteiger partial charge in [0.15, 0.2) is 6.10 Å². The Morgan fingerprint density at radius 1 is 0.933 bits per heavy atom. The average molecular weight is 641 g/mol. The van der Waals surface area contributed by atoms with Gasteiger partial charge in [0, 0.05) is 38.4 Å². The zero-order valence-electron chi connectivity index (χ0n) is 26.4. The number of nitrogens with one attached hydrogen (secondary N) is 2. The molecule has 1 aliphatic heterocycles. The largest absolute Gasteiger partial charge is 0.467 e. The molecule has 1 saturated heterocycles. The number of hydrogen-bond acceptors (Lipinski definition) is 13. The van der Waals surface area contributed by atoms with Crippen molar-refractivity contribution < 1.29 is 61.9 Å². The number of alkyl carbamates (subject to hydrolysis) is 1. The summed E-state index contributed by atoms with van der Waals surface area (Å²) in [4.78, 5) is 59.5. The highest BCUT2D eigenvalue weighted by Gasteiger charge is 2.37. The van der Waals surface area contributed by atoms with Crippen molar-refractivity contribution in [3.05, 3.63) is 29.3 Å². The normalized spacial score (nSPS) is 17.9. The highest BCUT2D eigenvalue weighted by Crippen LogP contribution is 2.28. The van der Waals surface area contributed by atoms with Crippen LogP contribution >= 0.6 is 0 Å². The summed E-state index contributed by atoms with van der Waals surface area (Å²) >= 11 is 0. The average Bonchev–Trinajstić information content (AvgIpc) is 2.97. The topological polar surface area (TPSA) is 183 Å². The number of carbonyl (C=O) groups is 5. The highest BCUT2D eigenvalue weighted by molar-refractivity contribution is 5.98. The second-order valence-electron chi connectivity index (χ2n) is 10.8. The summed E-state index contributed by atoms with van der Waals surface area (Å²) < 4.78 is 43.0. The lowest BCUT2D eigenvalue weighted by molar-refractivity contribution is -0.204. The van der Waals surface area contributed by atoms with Gasteiger partial charge < -0.3 is 48.5 Å². The Hall–Kier alpha value is -3.79. The number of hydrogen-bond donors (Lipinski definition) is 2. The Morgan fingerprint density at radius 3 is 2.13 bits per heavy atom. The fourth-order valence-corrected chi connectivity index (χ4v) is 3.99. The van der Waals surface area contributed by atoms with Crippen LogP contribution in [-0.4, -0.2) is 114 Å². The molecule has 0 aromatic heterocycles. The van der Waals surface area contributed by atoms with Crippen molar-refractivity contribution in [3.8, 4) is 5.75 Å². The molecule has 0 saturated carbocycles. The summed E-state index contributed by atoms with van der Waals surface area (Å²) in [5.74, 6) is -1.60. The number of benzene rings is 1. The van der Waals surface area contributed by atoms with Crippen molar-refractivity contribution in [1.29, 1.82) is 0 Å². The number of ether oxygens (including phenoxy) is 8. The number of amides is 2. The van der Waals surface area contributed by atoms with Crippen LogP contribution < -0.4 is 15.4 Å². The van der Waals surface area contributed by atoms with E-state index in [0.29, 0.717) is 39.3 Å². The molecule has 0 unspecified atom stereocenters. The van der Waals surface area contributed by atoms with E-state index in [4.69, 9.17) is 37.9 Å². The van der Waals surface area contributed by atoms with E-state index in [1.54, 1.807) is 20.8 Å². The smallest absolute Gasteiger partial charge is 0.407 e. The summed E-state index contributed by atoms with van der Waals surface area (Å²) in [5, 5.41) is 5.30. The predicted molar refractivity (Wildman–Crippen MR) is 157 cm³/mol. The van der Waals surface area contributed by atoms with Crippen LogP contribution in [0.15, 0.2) is 18.2 Å². The zero-order chi connectivity index (χ0) is 33.2. The molecular weight excluding hydrogens is 596 g/mol. The van der Waals surface area contributed by atoms with E-state index in [1.165, 1.54) is 32.2 Å². The van der Waals surface area contributed by atoms with Crippen LogP contribution in [0.3, 0.4) is 0 Å². The molecule has 0 spiro atoms. The zero-order valence-corrected chi connectivity index (χ0v) is 26.4. The van der Waals surface area contributed by atoms with Gasteiger partial charge in [-0.05, 0) is 39.0 Å². The number of esters is 2. The maximum Gasteiger partial charge on any atom is 0.407 e. The molecule has 0 bridgehead atoms. The molecule has 3 atom stereocenters. The summed E-state index contributed by atoms with van der Waals surface area (Å²) in [6.45, 7) is 8.89. The van der Waals surface area contributed by atoms with Gasteiger partial charge in [-0.3, -0.25) is 14.4 Å². The lowest BCUT2D eigenvalue weighted by Crippen LogP contribution is -2.44. The third kappa shape index (κ3) is 15.2. The molecule has 252 valence electrons. The molecule has 0 radical (unpaired) electrons. The monoisotopic (exact) mass is 640 g/mol. The van der Waals surface area contributed by atoms with Crippen LogP contribution in [-0.2, 0) is 42.7 Å². The van der Waals surface area contributed by atoms with Crippen LogP contribution in [0.4, 0.5) is 4.79 Å². The van der Waals surface area contributed by atoms with Gasteiger partial charge in [0.1, 0.15) is 23.7 Å². The van der Waals surface area contributed by atoms with Crippen LogP contribution in [0, 0.1) is 0 Å². The van der Waals surface area contributed by atoms with Gasteiger partial charge in [-0.25, -0.2) is 9.59 Å². The van der Waals surface area contributed by atoms with Gasteiger partial charge in [-0.1, -0.05) is 0 Å². The molecule has 45 heavy (non-hydrogen) atoms. The Bertz CT molecular complexity index is 1120. The van der Waals surface area contributed by atoms with E-state index < -0.39 is 48.0 Å².